The van der Waals surface area contributed by atoms with Gasteiger partial charge in [-0.15, -0.1) is 11.3 Å². The van der Waals surface area contributed by atoms with Crippen LogP contribution in [0.15, 0.2) is 17.6 Å². The molecular weight excluding hydrogens is 282 g/mol. The fourth-order valence-electron chi connectivity index (χ4n) is 1.98. The second-order valence-corrected chi connectivity index (χ2v) is 6.33. The van der Waals surface area contributed by atoms with Crippen LogP contribution in [0.2, 0.25) is 0 Å². The van der Waals surface area contributed by atoms with Crippen molar-refractivity contribution in [3.05, 3.63) is 39.6 Å². The van der Waals surface area contributed by atoms with Crippen molar-refractivity contribution in [2.24, 2.45) is 0 Å². The summed E-state index contributed by atoms with van der Waals surface area (Å²) in [7, 11) is 0. The maximum atomic E-state index is 5.93. The molecule has 0 saturated carbocycles. The van der Waals surface area contributed by atoms with Gasteiger partial charge in [-0.3, -0.25) is 4.98 Å². The van der Waals surface area contributed by atoms with Crippen molar-refractivity contribution in [3.63, 3.8) is 0 Å². The molecule has 0 radical (unpaired) electrons. The molecule has 1 N–H and O–H groups in total. The molecule has 2 aromatic heterocycles. The van der Waals surface area contributed by atoms with Crippen LogP contribution in [-0.4, -0.2) is 22.6 Å². The van der Waals surface area contributed by atoms with Gasteiger partial charge in [0.1, 0.15) is 5.75 Å². The molecule has 2 rings (SSSR count). The van der Waals surface area contributed by atoms with Gasteiger partial charge in [0.25, 0.3) is 0 Å². The monoisotopic (exact) mass is 305 g/mol. The summed E-state index contributed by atoms with van der Waals surface area (Å²) < 4.78 is 5.93. The number of hydrogen-bond donors (Lipinski definition) is 1. The third-order valence-electron chi connectivity index (χ3n) is 3.18. The minimum absolute atomic E-state index is 0.431. The quantitative estimate of drug-likeness (QED) is 0.853. The van der Waals surface area contributed by atoms with E-state index in [2.05, 4.69) is 29.1 Å². The first-order chi connectivity index (χ1) is 10.1. The van der Waals surface area contributed by atoms with Crippen molar-refractivity contribution in [1.82, 2.24) is 15.3 Å². The zero-order chi connectivity index (χ0) is 15.2. The Hall–Kier alpha value is -1.46. The van der Waals surface area contributed by atoms with Crippen LogP contribution in [0.1, 0.15) is 35.8 Å². The van der Waals surface area contributed by atoms with Gasteiger partial charge in [0.05, 0.1) is 23.5 Å². The summed E-state index contributed by atoms with van der Waals surface area (Å²) in [4.78, 5) is 10.1. The maximum absolute atomic E-state index is 5.93. The molecule has 0 unspecified atom stereocenters. The molecule has 0 aliphatic rings. The Morgan fingerprint density at radius 3 is 2.76 bits per heavy atom. The number of pyridine rings is 1. The minimum atomic E-state index is 0.431. The molecule has 0 aliphatic heterocycles. The number of aromatic nitrogens is 2. The number of thiazole rings is 1. The first-order valence-electron chi connectivity index (χ1n) is 7.28. The summed E-state index contributed by atoms with van der Waals surface area (Å²) in [5.74, 6) is 0.871. The van der Waals surface area contributed by atoms with Gasteiger partial charge in [-0.25, -0.2) is 4.98 Å². The van der Waals surface area contributed by atoms with Crippen LogP contribution in [0, 0.1) is 13.8 Å². The van der Waals surface area contributed by atoms with E-state index < -0.39 is 0 Å². The van der Waals surface area contributed by atoms with Crippen molar-refractivity contribution >= 4 is 11.3 Å². The Morgan fingerprint density at radius 1 is 1.29 bits per heavy atom. The topological polar surface area (TPSA) is 47.0 Å². The summed E-state index contributed by atoms with van der Waals surface area (Å²) in [6.45, 7) is 9.68. The van der Waals surface area contributed by atoms with E-state index in [0.717, 1.165) is 35.8 Å². The van der Waals surface area contributed by atoms with Gasteiger partial charge < -0.3 is 10.1 Å². The molecule has 0 fully saturated rings. The highest BCUT2D eigenvalue weighted by molar-refractivity contribution is 7.09. The van der Waals surface area contributed by atoms with Gasteiger partial charge in [-0.2, -0.15) is 0 Å². The molecule has 0 spiro atoms. The highest BCUT2D eigenvalue weighted by Gasteiger charge is 2.08. The normalized spacial score (nSPS) is 11.1. The number of nitrogens with zero attached hydrogens (tertiary/aromatic N) is 2. The molecule has 0 bridgehead atoms. The van der Waals surface area contributed by atoms with Crippen LogP contribution in [0.3, 0.4) is 0 Å². The Morgan fingerprint density at radius 2 is 2.10 bits per heavy atom. The molecule has 4 nitrogen and oxygen atoms in total. The summed E-state index contributed by atoms with van der Waals surface area (Å²) >= 11 is 1.69. The largest absolute Gasteiger partial charge is 0.491 e. The summed E-state index contributed by atoms with van der Waals surface area (Å²) in [6, 6.07) is 4.44. The zero-order valence-electron chi connectivity index (χ0n) is 13.1. The second-order valence-electron chi connectivity index (χ2n) is 5.39. The number of rotatable bonds is 7. The number of ether oxygens (including phenoxy) is 1. The first-order valence-corrected chi connectivity index (χ1v) is 8.16. The lowest BCUT2D eigenvalue weighted by molar-refractivity contribution is 0.315. The number of hydrogen-bond acceptors (Lipinski definition) is 5. The van der Waals surface area contributed by atoms with E-state index in [4.69, 9.17) is 4.74 Å². The number of aryl methyl sites for hydroxylation is 2. The van der Waals surface area contributed by atoms with Crippen LogP contribution in [0.5, 0.6) is 5.75 Å². The van der Waals surface area contributed by atoms with Crippen molar-refractivity contribution in [1.29, 1.82) is 0 Å². The lowest BCUT2D eigenvalue weighted by Crippen LogP contribution is -2.23. The predicted molar refractivity (Wildman–Crippen MR) is 87.0 cm³/mol. The second kappa shape index (κ2) is 7.52. The molecule has 2 heterocycles. The highest BCUT2D eigenvalue weighted by Crippen LogP contribution is 2.19. The average molecular weight is 305 g/mol. The minimum Gasteiger partial charge on any atom is -0.491 e. The van der Waals surface area contributed by atoms with Gasteiger partial charge in [0.15, 0.2) is 0 Å². The third-order valence-corrected chi connectivity index (χ3v) is 4.18. The Bertz CT molecular complexity index is 581. The Kier molecular flexibility index (Phi) is 5.70. The van der Waals surface area contributed by atoms with E-state index in [9.17, 15) is 0 Å². The van der Waals surface area contributed by atoms with E-state index in [1.54, 1.807) is 11.3 Å². The molecule has 0 aliphatic carbocycles. The average Bonchev–Trinajstić information content (AvgIpc) is 2.84. The van der Waals surface area contributed by atoms with E-state index in [-0.39, 0.29) is 0 Å². The van der Waals surface area contributed by atoms with E-state index in [1.165, 1.54) is 4.88 Å². The third kappa shape index (κ3) is 4.79. The smallest absolute Gasteiger partial charge is 0.142 e. The molecule has 5 heteroatoms. The summed E-state index contributed by atoms with van der Waals surface area (Å²) in [5.41, 5.74) is 4.98. The van der Waals surface area contributed by atoms with Gasteiger partial charge in [-0.1, -0.05) is 13.8 Å². The fraction of sp³-hybridized carbons (Fsp3) is 0.500. The molecule has 21 heavy (non-hydrogen) atoms. The standard InChI is InChI=1S/C16H23N3OS/c1-11(2)17-9-14-15(6-5-12(3)19-14)20-8-7-16-13(4)18-10-21-16/h5-6,10-11,17H,7-9H2,1-4H3. The van der Waals surface area contributed by atoms with Crippen molar-refractivity contribution in [2.45, 2.75) is 46.7 Å². The lowest BCUT2D eigenvalue weighted by Gasteiger charge is -2.13. The molecular formula is C16H23N3OS. The lowest BCUT2D eigenvalue weighted by atomic mass is 10.2. The fourth-order valence-corrected chi connectivity index (χ4v) is 2.74. The van der Waals surface area contributed by atoms with Crippen LogP contribution >= 0.6 is 11.3 Å². The predicted octanol–water partition coefficient (Wildman–Crippen LogP) is 3.27. The van der Waals surface area contributed by atoms with E-state index >= 15 is 0 Å². The first kappa shape index (κ1) is 15.9. The van der Waals surface area contributed by atoms with Gasteiger partial charge in [0, 0.05) is 29.6 Å². The molecule has 2 aromatic rings. The zero-order valence-corrected chi connectivity index (χ0v) is 14.0. The molecule has 114 valence electrons. The summed E-state index contributed by atoms with van der Waals surface area (Å²) in [6.07, 6.45) is 0.890. The molecule has 0 saturated heterocycles. The van der Waals surface area contributed by atoms with Crippen LogP contribution in [-0.2, 0) is 13.0 Å². The van der Waals surface area contributed by atoms with Crippen molar-refractivity contribution in [2.75, 3.05) is 6.61 Å². The SMILES string of the molecule is Cc1ccc(OCCc2scnc2C)c(CNC(C)C)n1. The molecule has 0 amide bonds. The Labute approximate surface area is 130 Å². The van der Waals surface area contributed by atoms with Crippen molar-refractivity contribution < 1.29 is 4.74 Å². The van der Waals surface area contributed by atoms with Gasteiger partial charge in [0.2, 0.25) is 0 Å². The van der Waals surface area contributed by atoms with Crippen LogP contribution < -0.4 is 10.1 Å². The number of nitrogens with one attached hydrogen (secondary N) is 1. The molecule has 0 atom stereocenters. The van der Waals surface area contributed by atoms with Crippen LogP contribution in [0.4, 0.5) is 0 Å². The highest BCUT2D eigenvalue weighted by atomic mass is 32.1. The van der Waals surface area contributed by atoms with E-state index in [0.29, 0.717) is 12.6 Å². The van der Waals surface area contributed by atoms with E-state index in [1.807, 2.05) is 31.5 Å². The van der Waals surface area contributed by atoms with Gasteiger partial charge in [-0.05, 0) is 26.0 Å². The molecule has 0 aromatic carbocycles. The van der Waals surface area contributed by atoms with Crippen molar-refractivity contribution in [3.8, 4) is 5.75 Å². The van der Waals surface area contributed by atoms with Gasteiger partial charge >= 0.3 is 0 Å². The maximum Gasteiger partial charge on any atom is 0.142 e. The van der Waals surface area contributed by atoms with Crippen LogP contribution in [0.25, 0.3) is 0 Å². The Balaban J connectivity index is 1.96. The summed E-state index contributed by atoms with van der Waals surface area (Å²) in [5, 5.41) is 3.39.